The number of ether oxygens (including phenoxy) is 1. The summed E-state index contributed by atoms with van der Waals surface area (Å²) in [4.78, 5) is 32.1. The van der Waals surface area contributed by atoms with Crippen molar-refractivity contribution in [3.8, 4) is 0 Å². The maximum absolute atomic E-state index is 12.6. The molecule has 0 bridgehead atoms. The zero-order valence-electron chi connectivity index (χ0n) is 16.6. The van der Waals surface area contributed by atoms with Gasteiger partial charge in [-0.2, -0.15) is 11.8 Å². The summed E-state index contributed by atoms with van der Waals surface area (Å²) >= 11 is 3.13. The molecule has 0 radical (unpaired) electrons. The molecule has 2 aromatic rings. The molecule has 150 valence electrons. The monoisotopic (exact) mass is 419 g/mol. The second-order valence-corrected chi connectivity index (χ2v) is 9.58. The molecule has 0 saturated heterocycles. The fraction of sp³-hybridized carbons (Fsp3) is 0.450. The lowest BCUT2D eigenvalue weighted by Crippen LogP contribution is -2.39. The fourth-order valence-corrected chi connectivity index (χ4v) is 4.40. The van der Waals surface area contributed by atoms with Gasteiger partial charge < -0.3 is 9.64 Å². The van der Waals surface area contributed by atoms with E-state index in [1.807, 2.05) is 45.2 Å². The van der Waals surface area contributed by atoms with Crippen LogP contribution in [0.1, 0.15) is 47.3 Å². The zero-order chi connectivity index (χ0) is 20.3. The quantitative estimate of drug-likeness (QED) is 0.787. The van der Waals surface area contributed by atoms with Gasteiger partial charge in [0.1, 0.15) is 5.60 Å². The minimum atomic E-state index is -0.519. The molecular formula is C20H25N3O3S2. The van der Waals surface area contributed by atoms with E-state index in [9.17, 15) is 9.59 Å². The Morgan fingerprint density at radius 2 is 2.14 bits per heavy atom. The van der Waals surface area contributed by atoms with Gasteiger partial charge in [-0.1, -0.05) is 23.5 Å². The highest BCUT2D eigenvalue weighted by Gasteiger charge is 2.28. The molecule has 28 heavy (non-hydrogen) atoms. The van der Waals surface area contributed by atoms with Gasteiger partial charge in [0.2, 0.25) is 0 Å². The molecule has 8 heteroatoms. The maximum Gasteiger partial charge on any atom is 0.410 e. The average Bonchev–Trinajstić information content (AvgIpc) is 3.02. The molecule has 1 aliphatic rings. The standard InChI is InChI=1S/C20H25N3O3S2/c1-20(2,3)26-19(25)23-9-8-15-16(11-23)28-18(21-15)22-17(24)14-7-5-6-13(10-14)12-27-4/h5-7,10H,8-9,11-12H2,1-4H3,(H,21,22,24). The van der Waals surface area contributed by atoms with E-state index in [1.54, 1.807) is 22.7 Å². The molecule has 0 spiro atoms. The third kappa shape index (κ3) is 5.26. The first-order chi connectivity index (χ1) is 13.2. The molecule has 0 unspecified atom stereocenters. The molecule has 0 fully saturated rings. The van der Waals surface area contributed by atoms with Gasteiger partial charge in [0.25, 0.3) is 5.91 Å². The number of carbonyl (C=O) groups excluding carboxylic acids is 2. The summed E-state index contributed by atoms with van der Waals surface area (Å²) in [6, 6.07) is 7.62. The van der Waals surface area contributed by atoms with Crippen molar-refractivity contribution in [1.29, 1.82) is 0 Å². The Balaban J connectivity index is 1.66. The first-order valence-corrected chi connectivity index (χ1v) is 11.3. The van der Waals surface area contributed by atoms with Gasteiger partial charge in [-0.15, -0.1) is 0 Å². The fourth-order valence-electron chi connectivity index (χ4n) is 2.87. The summed E-state index contributed by atoms with van der Waals surface area (Å²) in [6.07, 6.45) is 2.38. The number of thioether (sulfide) groups is 1. The number of hydrogen-bond acceptors (Lipinski definition) is 6. The number of nitrogens with one attached hydrogen (secondary N) is 1. The first-order valence-electron chi connectivity index (χ1n) is 9.11. The van der Waals surface area contributed by atoms with Crippen molar-refractivity contribution in [2.45, 2.75) is 45.1 Å². The van der Waals surface area contributed by atoms with Crippen LogP contribution in [0.5, 0.6) is 0 Å². The van der Waals surface area contributed by atoms with Crippen molar-refractivity contribution in [3.63, 3.8) is 0 Å². The van der Waals surface area contributed by atoms with E-state index in [2.05, 4.69) is 10.3 Å². The first kappa shape index (κ1) is 20.7. The highest BCUT2D eigenvalue weighted by molar-refractivity contribution is 7.97. The number of nitrogens with zero attached hydrogens (tertiary/aromatic N) is 2. The third-order valence-corrected chi connectivity index (χ3v) is 5.72. The molecule has 1 aliphatic heterocycles. The van der Waals surface area contributed by atoms with Gasteiger partial charge in [0, 0.05) is 29.2 Å². The predicted octanol–water partition coefficient (Wildman–Crippen LogP) is 4.55. The van der Waals surface area contributed by atoms with Crippen LogP contribution in [0.15, 0.2) is 24.3 Å². The Morgan fingerprint density at radius 3 is 2.86 bits per heavy atom. The van der Waals surface area contributed by atoms with Gasteiger partial charge in [-0.05, 0) is 44.7 Å². The summed E-state index contributed by atoms with van der Waals surface area (Å²) in [5.41, 5.74) is 2.16. The van der Waals surface area contributed by atoms with Crippen LogP contribution in [-0.4, -0.2) is 40.3 Å². The zero-order valence-corrected chi connectivity index (χ0v) is 18.2. The number of hydrogen-bond donors (Lipinski definition) is 1. The number of carbonyl (C=O) groups is 2. The van der Waals surface area contributed by atoms with E-state index in [4.69, 9.17) is 4.74 Å². The Hall–Kier alpha value is -2.06. The Morgan fingerprint density at radius 1 is 1.36 bits per heavy atom. The molecule has 1 aromatic heterocycles. The van der Waals surface area contributed by atoms with E-state index in [0.717, 1.165) is 21.9 Å². The largest absolute Gasteiger partial charge is 0.444 e. The second-order valence-electron chi connectivity index (χ2n) is 7.63. The van der Waals surface area contributed by atoms with Crippen LogP contribution in [0.25, 0.3) is 0 Å². The number of aromatic nitrogens is 1. The molecule has 6 nitrogen and oxygen atoms in total. The molecule has 1 N–H and O–H groups in total. The second kappa shape index (κ2) is 8.53. The smallest absolute Gasteiger partial charge is 0.410 e. The number of rotatable bonds is 4. The van der Waals surface area contributed by atoms with Gasteiger partial charge >= 0.3 is 6.09 Å². The van der Waals surface area contributed by atoms with E-state index in [0.29, 0.717) is 30.2 Å². The lowest BCUT2D eigenvalue weighted by atomic mass is 10.1. The van der Waals surface area contributed by atoms with E-state index < -0.39 is 5.60 Å². The lowest BCUT2D eigenvalue weighted by molar-refractivity contribution is 0.0225. The van der Waals surface area contributed by atoms with Crippen LogP contribution < -0.4 is 5.32 Å². The number of anilines is 1. The highest BCUT2D eigenvalue weighted by atomic mass is 32.2. The summed E-state index contributed by atoms with van der Waals surface area (Å²) in [6.45, 7) is 6.59. The predicted molar refractivity (Wildman–Crippen MR) is 114 cm³/mol. The molecule has 0 saturated carbocycles. The number of thiazole rings is 1. The highest BCUT2D eigenvalue weighted by Crippen LogP contribution is 2.29. The van der Waals surface area contributed by atoms with Gasteiger partial charge in [-0.3, -0.25) is 10.1 Å². The summed E-state index contributed by atoms with van der Waals surface area (Å²) in [5, 5.41) is 3.46. The molecule has 0 aliphatic carbocycles. The van der Waals surface area contributed by atoms with Crippen LogP contribution in [0.2, 0.25) is 0 Å². The minimum Gasteiger partial charge on any atom is -0.444 e. The number of fused-ring (bicyclic) bond motifs is 1. The van der Waals surface area contributed by atoms with Crippen molar-refractivity contribution >= 4 is 40.2 Å². The van der Waals surface area contributed by atoms with Gasteiger partial charge in [-0.25, -0.2) is 9.78 Å². The van der Waals surface area contributed by atoms with Crippen molar-refractivity contribution in [2.24, 2.45) is 0 Å². The molecule has 0 atom stereocenters. The van der Waals surface area contributed by atoms with Crippen LogP contribution in [0.3, 0.4) is 0 Å². The van der Waals surface area contributed by atoms with Crippen LogP contribution in [0, 0.1) is 0 Å². The van der Waals surface area contributed by atoms with Crippen molar-refractivity contribution < 1.29 is 14.3 Å². The Labute approximate surface area is 173 Å². The van der Waals surface area contributed by atoms with E-state index in [-0.39, 0.29) is 12.0 Å². The molecule has 3 rings (SSSR count). The van der Waals surface area contributed by atoms with E-state index in [1.165, 1.54) is 11.3 Å². The number of benzene rings is 1. The van der Waals surface area contributed by atoms with Crippen LogP contribution in [-0.2, 0) is 23.5 Å². The molecular weight excluding hydrogens is 394 g/mol. The maximum atomic E-state index is 12.6. The lowest BCUT2D eigenvalue weighted by Gasteiger charge is -2.29. The molecule has 2 heterocycles. The van der Waals surface area contributed by atoms with Crippen molar-refractivity contribution in [2.75, 3.05) is 18.1 Å². The Kier molecular flexibility index (Phi) is 6.30. The average molecular weight is 420 g/mol. The normalized spacial score (nSPS) is 13.8. The van der Waals surface area contributed by atoms with Crippen LogP contribution >= 0.6 is 23.1 Å². The third-order valence-electron chi connectivity index (χ3n) is 4.10. The SMILES string of the molecule is CSCc1cccc(C(=O)Nc2nc3c(s2)CN(C(=O)OC(C)(C)C)CC3)c1. The van der Waals surface area contributed by atoms with E-state index >= 15 is 0 Å². The molecule has 1 aromatic carbocycles. The van der Waals surface area contributed by atoms with Crippen LogP contribution in [0.4, 0.5) is 9.93 Å². The van der Waals surface area contributed by atoms with Gasteiger partial charge in [0.05, 0.1) is 12.2 Å². The number of amides is 2. The summed E-state index contributed by atoms with van der Waals surface area (Å²) < 4.78 is 5.45. The minimum absolute atomic E-state index is 0.168. The van der Waals surface area contributed by atoms with Gasteiger partial charge in [0.15, 0.2) is 5.13 Å². The topological polar surface area (TPSA) is 71.5 Å². The Bertz CT molecular complexity index is 874. The summed E-state index contributed by atoms with van der Waals surface area (Å²) in [5.74, 6) is 0.700. The van der Waals surface area contributed by atoms with Crippen molar-refractivity contribution in [3.05, 3.63) is 46.0 Å². The summed E-state index contributed by atoms with van der Waals surface area (Å²) in [7, 11) is 0. The van der Waals surface area contributed by atoms with Crippen molar-refractivity contribution in [1.82, 2.24) is 9.88 Å². The molecule has 2 amide bonds.